The van der Waals surface area contributed by atoms with E-state index in [1.165, 1.54) is 9.40 Å². The van der Waals surface area contributed by atoms with E-state index in [2.05, 4.69) is 74.4 Å². The van der Waals surface area contributed by atoms with Gasteiger partial charge in [-0.1, -0.05) is 0 Å². The standard InChI is InChI=1S/C14H27N2OSi.3CH3.Sn/c1-11-15-10-12(16-11)9-14(5,6)17-18(7,8)13(2,3)4;;;;/h9H2,1-8H3,(H,15,16);3*1H3;. The minimum absolute atomic E-state index is 0.159. The van der Waals surface area contributed by atoms with Crippen molar-refractivity contribution in [3.05, 3.63) is 11.5 Å². The van der Waals surface area contributed by atoms with E-state index in [-0.39, 0.29) is 10.6 Å². The molecule has 3 nitrogen and oxygen atoms in total. The number of nitrogens with zero attached hydrogens (tertiary/aromatic N) is 1. The minimum atomic E-state index is -2.20. The van der Waals surface area contributed by atoms with E-state index in [9.17, 15) is 0 Å². The Morgan fingerprint density at radius 1 is 1.09 bits per heavy atom. The quantitative estimate of drug-likeness (QED) is 0.692. The molecule has 128 valence electrons. The molecule has 0 amide bonds. The second-order valence-corrected chi connectivity index (χ2v) is 28.6. The Morgan fingerprint density at radius 2 is 1.59 bits per heavy atom. The fourth-order valence-corrected chi connectivity index (χ4v) is 8.80. The zero-order chi connectivity index (χ0) is 17.6. The van der Waals surface area contributed by atoms with E-state index < -0.39 is 26.7 Å². The van der Waals surface area contributed by atoms with Gasteiger partial charge >= 0.3 is 143 Å². The molecule has 1 aromatic rings. The number of imidazole rings is 1. The van der Waals surface area contributed by atoms with Crippen molar-refractivity contribution in [3.63, 3.8) is 0 Å². The van der Waals surface area contributed by atoms with Gasteiger partial charge in [0.2, 0.25) is 0 Å². The first kappa shape index (κ1) is 20.2. The zero-order valence-electron chi connectivity index (χ0n) is 16.6. The van der Waals surface area contributed by atoms with Crippen LogP contribution < -0.4 is 3.71 Å². The summed E-state index contributed by atoms with van der Waals surface area (Å²) in [5.41, 5.74) is 1.15. The van der Waals surface area contributed by atoms with Crippen molar-refractivity contribution in [2.45, 2.75) is 86.5 Å². The number of H-pyrrole nitrogens is 1. The van der Waals surface area contributed by atoms with Gasteiger partial charge < -0.3 is 0 Å². The molecule has 0 aliphatic heterocycles. The number of aryl methyl sites for hydroxylation is 1. The zero-order valence-corrected chi connectivity index (χ0v) is 20.4. The molecular weight excluding hydrogens is 395 g/mol. The third kappa shape index (κ3) is 5.10. The summed E-state index contributed by atoms with van der Waals surface area (Å²) in [7, 11) is -1.77. The second kappa shape index (κ2) is 6.24. The number of rotatable bonds is 5. The molecule has 0 spiro atoms. The first-order valence-electron chi connectivity index (χ1n) is 8.31. The molecule has 22 heavy (non-hydrogen) atoms. The van der Waals surface area contributed by atoms with Gasteiger partial charge in [0.15, 0.2) is 0 Å². The summed E-state index contributed by atoms with van der Waals surface area (Å²) in [6, 6.07) is 0. The molecule has 0 bridgehead atoms. The molecule has 0 aromatic carbocycles. The second-order valence-electron chi connectivity index (χ2n) is 9.70. The van der Waals surface area contributed by atoms with Crippen LogP contribution in [0.2, 0.25) is 33.0 Å². The Kier molecular flexibility index (Phi) is 5.74. The average Bonchev–Trinajstić information content (AvgIpc) is 2.53. The van der Waals surface area contributed by atoms with E-state index in [1.807, 2.05) is 0 Å². The van der Waals surface area contributed by atoms with Gasteiger partial charge in [-0.3, -0.25) is 0 Å². The Hall–Kier alpha value is 0.186. The predicted octanol–water partition coefficient (Wildman–Crippen LogP) is 4.61. The van der Waals surface area contributed by atoms with Gasteiger partial charge in [-0.2, -0.15) is 0 Å². The van der Waals surface area contributed by atoms with Crippen molar-refractivity contribution in [1.29, 1.82) is 0 Å². The Bertz CT molecular complexity index is 522. The van der Waals surface area contributed by atoms with Crippen molar-refractivity contribution < 1.29 is 4.43 Å². The number of hydrogen-bond donors (Lipinski definition) is 1. The number of nitrogens with one attached hydrogen (secondary N) is 1. The van der Waals surface area contributed by atoms with Crippen molar-refractivity contribution >= 4 is 30.4 Å². The van der Waals surface area contributed by atoms with Gasteiger partial charge in [-0.15, -0.1) is 0 Å². The molecule has 0 saturated heterocycles. The molecular formula is C17H36N2OSiSn. The topological polar surface area (TPSA) is 37.9 Å². The third-order valence-electron chi connectivity index (χ3n) is 4.55. The molecule has 1 N–H and O–H groups in total. The number of aromatic amines is 1. The molecule has 0 unspecified atom stereocenters. The summed E-state index contributed by atoms with van der Waals surface area (Å²) >= 11 is -2.20. The molecule has 1 rings (SSSR count). The van der Waals surface area contributed by atoms with Gasteiger partial charge in [-0.25, -0.2) is 0 Å². The Morgan fingerprint density at radius 3 is 2.00 bits per heavy atom. The van der Waals surface area contributed by atoms with Crippen molar-refractivity contribution in [3.8, 4) is 0 Å². The molecule has 0 saturated carbocycles. The van der Waals surface area contributed by atoms with Crippen LogP contribution in [-0.4, -0.2) is 42.3 Å². The van der Waals surface area contributed by atoms with Crippen LogP contribution in [0.4, 0.5) is 0 Å². The molecule has 1 heterocycles. The van der Waals surface area contributed by atoms with Crippen LogP contribution in [0.15, 0.2) is 0 Å². The third-order valence-corrected chi connectivity index (χ3v) is 14.5. The SMILES string of the molecule is Cc1n[c]([Sn]([CH3])([CH3])[CH3])c(CC(C)(C)O[Si](C)(C)C(C)(C)C)[nH]1. The van der Waals surface area contributed by atoms with E-state index in [0.29, 0.717) is 0 Å². The number of hydrogen-bond acceptors (Lipinski definition) is 2. The van der Waals surface area contributed by atoms with Crippen molar-refractivity contribution in [1.82, 2.24) is 9.97 Å². The molecule has 0 fully saturated rings. The van der Waals surface area contributed by atoms with Crippen LogP contribution in [0.1, 0.15) is 46.1 Å². The van der Waals surface area contributed by atoms with Crippen molar-refractivity contribution in [2.24, 2.45) is 0 Å². The maximum atomic E-state index is 6.69. The molecule has 0 aliphatic carbocycles. The first-order valence-corrected chi connectivity index (χ1v) is 21.2. The van der Waals surface area contributed by atoms with Crippen LogP contribution in [0.25, 0.3) is 0 Å². The number of aromatic nitrogens is 2. The monoisotopic (exact) mass is 432 g/mol. The normalized spacial score (nSPS) is 14.5. The molecule has 1 aromatic heterocycles. The summed E-state index contributed by atoms with van der Waals surface area (Å²) < 4.78 is 8.06. The fraction of sp³-hybridized carbons (Fsp3) is 0.824. The molecule has 0 radical (unpaired) electrons. The van der Waals surface area contributed by atoms with Gasteiger partial charge in [0.1, 0.15) is 0 Å². The van der Waals surface area contributed by atoms with Crippen LogP contribution >= 0.6 is 0 Å². The van der Waals surface area contributed by atoms with E-state index in [0.717, 1.165) is 12.2 Å². The van der Waals surface area contributed by atoms with E-state index in [4.69, 9.17) is 9.41 Å². The molecule has 0 atom stereocenters. The predicted molar refractivity (Wildman–Crippen MR) is 102 cm³/mol. The summed E-state index contributed by atoms with van der Waals surface area (Å²) in [6.07, 6.45) is 0.921. The summed E-state index contributed by atoms with van der Waals surface area (Å²) in [5.74, 6) is 1.04. The Labute approximate surface area is 142 Å². The van der Waals surface area contributed by atoms with Crippen LogP contribution in [-0.2, 0) is 10.8 Å². The van der Waals surface area contributed by atoms with Gasteiger partial charge in [0.25, 0.3) is 0 Å². The van der Waals surface area contributed by atoms with Crippen LogP contribution in [0.3, 0.4) is 0 Å². The molecule has 5 heteroatoms. The summed E-state index contributed by atoms with van der Waals surface area (Å²) in [4.78, 5) is 15.6. The summed E-state index contributed by atoms with van der Waals surface area (Å²) in [5, 5.41) is 0.236. The van der Waals surface area contributed by atoms with Crippen LogP contribution in [0.5, 0.6) is 0 Å². The Balaban J connectivity index is 3.04. The van der Waals surface area contributed by atoms with Gasteiger partial charge in [0.05, 0.1) is 0 Å². The van der Waals surface area contributed by atoms with Crippen LogP contribution in [0, 0.1) is 6.92 Å². The fourth-order valence-electron chi connectivity index (χ4n) is 2.59. The van der Waals surface area contributed by atoms with Gasteiger partial charge in [-0.05, 0) is 0 Å². The average molecular weight is 431 g/mol. The van der Waals surface area contributed by atoms with Gasteiger partial charge in [0, 0.05) is 0 Å². The summed E-state index contributed by atoms with van der Waals surface area (Å²) in [6.45, 7) is 18.1. The molecule has 0 aliphatic rings. The maximum absolute atomic E-state index is 6.69. The van der Waals surface area contributed by atoms with E-state index >= 15 is 0 Å². The van der Waals surface area contributed by atoms with E-state index in [1.54, 1.807) is 0 Å². The van der Waals surface area contributed by atoms with Crippen molar-refractivity contribution in [2.75, 3.05) is 0 Å². The first-order chi connectivity index (χ1) is 9.55.